The predicted molar refractivity (Wildman–Crippen MR) is 338 cm³/mol. The van der Waals surface area contributed by atoms with Gasteiger partial charge < -0.3 is 51.9 Å². The topological polar surface area (TPSA) is 266 Å². The molecule has 0 saturated heterocycles. The molecule has 18 heteroatoms. The van der Waals surface area contributed by atoms with Crippen molar-refractivity contribution >= 4 is 68.9 Å². The van der Waals surface area contributed by atoms with Gasteiger partial charge in [-0.1, -0.05) is 158 Å². The molecule has 0 unspecified atom stereocenters. The zero-order valence-corrected chi connectivity index (χ0v) is 51.0. The van der Waals surface area contributed by atoms with Gasteiger partial charge in [0.15, 0.2) is 0 Å². The Bertz CT molecular complexity index is 3130. The van der Waals surface area contributed by atoms with Crippen molar-refractivity contribution in [1.29, 1.82) is 0 Å². The molecule has 6 aromatic carbocycles. The highest BCUT2D eigenvalue weighted by Gasteiger charge is 2.36. The van der Waals surface area contributed by atoms with Gasteiger partial charge in [0.1, 0.15) is 24.2 Å². The first-order valence-electron chi connectivity index (χ1n) is 28.2. The van der Waals surface area contributed by atoms with Crippen molar-refractivity contribution in [2.45, 2.75) is 101 Å². The molecule has 0 aromatic heterocycles. The van der Waals surface area contributed by atoms with E-state index in [0.29, 0.717) is 50.7 Å². The predicted octanol–water partition coefficient (Wildman–Crippen LogP) is 7.13. The number of hydrogen-bond donors (Lipinski definition) is 6. The third kappa shape index (κ3) is 22.7. The molecule has 0 aliphatic carbocycles. The van der Waals surface area contributed by atoms with E-state index in [4.69, 9.17) is 21.7 Å². The van der Waals surface area contributed by atoms with Crippen LogP contribution in [-0.4, -0.2) is 155 Å². The summed E-state index contributed by atoms with van der Waals surface area (Å²) in [4.78, 5) is 105. The lowest BCUT2D eigenvalue weighted by molar-refractivity contribution is -0.146. The van der Waals surface area contributed by atoms with Crippen LogP contribution in [-0.2, 0) is 64.0 Å². The molecule has 8 N–H and O–H groups in total. The van der Waals surface area contributed by atoms with Crippen LogP contribution < -0.4 is 22.1 Å². The summed E-state index contributed by atoms with van der Waals surface area (Å²) in [5.74, 6) is -4.26. The summed E-state index contributed by atoms with van der Waals surface area (Å²) < 4.78 is 0. The van der Waals surface area contributed by atoms with Gasteiger partial charge in [-0.2, -0.15) is 0 Å². The summed E-state index contributed by atoms with van der Waals surface area (Å²) in [6.45, 7) is 7.55. The summed E-state index contributed by atoms with van der Waals surface area (Å²) in [5, 5.41) is 25.3. The highest BCUT2D eigenvalue weighted by Crippen LogP contribution is 2.23. The number of aliphatic carboxylic acids is 2. The summed E-state index contributed by atoms with van der Waals surface area (Å²) in [7, 11) is 9.64. The molecular formula is C68H84N8O10. The Morgan fingerprint density at radius 3 is 1.02 bits per heavy atom. The molecule has 6 amide bonds. The fraction of sp³-hybridized carbons (Fsp3) is 0.324. The Labute approximate surface area is 505 Å². The lowest BCUT2D eigenvalue weighted by Gasteiger charge is -2.34. The number of carbonyl (C=O) groups excluding carboxylic acids is 6. The first-order chi connectivity index (χ1) is 40.6. The summed E-state index contributed by atoms with van der Waals surface area (Å²) in [6, 6.07) is 44.2. The normalized spacial score (nSPS) is 12.8. The number of carbonyl (C=O) groups is 8. The van der Waals surface area contributed by atoms with Crippen LogP contribution in [0.4, 0.5) is 0 Å². The average Bonchev–Trinajstić information content (AvgIpc) is 3.28. The Kier molecular flexibility index (Phi) is 26.8. The van der Waals surface area contributed by atoms with Crippen molar-refractivity contribution in [2.75, 3.05) is 42.3 Å². The molecule has 4 atom stereocenters. The lowest BCUT2D eigenvalue weighted by atomic mass is 9.98. The Morgan fingerprint density at radius 2 is 0.721 bits per heavy atom. The highest BCUT2D eigenvalue weighted by molar-refractivity contribution is 5.97. The number of nitrogens with one attached hydrogen (secondary N) is 2. The molecule has 456 valence electrons. The SMILES string of the molecule is CNC(=O)[C@@H](Cc1ccccc1)N(C)C(=O)[C@@H](Cc1ccc2ccccc2c1)N(C)C(=O)/C=C\CC(C)(C)N.CNC(=O)[C@@H](Cc1ccccc1)N(C)C(=O)[C@@H](Cc1ccc2ccccc2c1)N(C)C(=O)/C=C\CC(C)(C)N.O=C(O)/C=C/C(=O)O. The molecule has 0 spiro atoms. The summed E-state index contributed by atoms with van der Waals surface area (Å²) in [5.41, 5.74) is 14.9. The number of rotatable bonds is 24. The molecule has 6 aromatic rings. The van der Waals surface area contributed by atoms with Crippen LogP contribution in [0.3, 0.4) is 0 Å². The van der Waals surface area contributed by atoms with Gasteiger partial charge in [-0.25, -0.2) is 9.59 Å². The van der Waals surface area contributed by atoms with E-state index in [0.717, 1.165) is 43.8 Å². The number of carboxylic acid groups (broad SMARTS) is 2. The Balaban J connectivity index is 0.000000327. The van der Waals surface area contributed by atoms with Crippen molar-refractivity contribution in [2.24, 2.45) is 11.5 Å². The Morgan fingerprint density at radius 1 is 0.419 bits per heavy atom. The Hall–Kier alpha value is -9.26. The van der Waals surface area contributed by atoms with Crippen LogP contribution >= 0.6 is 0 Å². The third-order valence-electron chi connectivity index (χ3n) is 14.1. The number of nitrogens with zero attached hydrogens (tertiary/aromatic N) is 4. The van der Waals surface area contributed by atoms with Crippen LogP contribution in [0.1, 0.15) is 62.8 Å². The number of likely N-dealkylation sites (N-methyl/N-ethyl adjacent to an activating group) is 6. The maximum Gasteiger partial charge on any atom is 0.328 e. The van der Waals surface area contributed by atoms with Crippen molar-refractivity contribution in [3.63, 3.8) is 0 Å². The van der Waals surface area contributed by atoms with Gasteiger partial charge in [0.05, 0.1) is 0 Å². The minimum Gasteiger partial charge on any atom is -0.478 e. The zero-order chi connectivity index (χ0) is 63.7. The maximum absolute atomic E-state index is 14.1. The van der Waals surface area contributed by atoms with Gasteiger partial charge in [-0.15, -0.1) is 0 Å². The first kappa shape index (κ1) is 69.2. The van der Waals surface area contributed by atoms with E-state index in [9.17, 15) is 38.4 Å². The molecule has 0 bridgehead atoms. The van der Waals surface area contributed by atoms with Crippen molar-refractivity contribution in [1.82, 2.24) is 30.2 Å². The van der Waals surface area contributed by atoms with E-state index in [1.165, 1.54) is 31.8 Å². The molecule has 0 heterocycles. The molecule has 0 aliphatic rings. The monoisotopic (exact) mass is 1170 g/mol. The fourth-order valence-corrected chi connectivity index (χ4v) is 9.17. The van der Waals surface area contributed by atoms with Crippen molar-refractivity contribution in [3.05, 3.63) is 204 Å². The fourth-order valence-electron chi connectivity index (χ4n) is 9.17. The second-order valence-corrected chi connectivity index (χ2v) is 22.4. The number of amides is 6. The summed E-state index contributed by atoms with van der Waals surface area (Å²) in [6.07, 6.45) is 9.89. The minimum absolute atomic E-state index is 0.266. The molecule has 86 heavy (non-hydrogen) atoms. The number of nitrogens with two attached hydrogens (primary N) is 2. The molecule has 0 saturated carbocycles. The largest absolute Gasteiger partial charge is 0.478 e. The van der Waals surface area contributed by atoms with E-state index in [-0.39, 0.29) is 35.4 Å². The van der Waals surface area contributed by atoms with Crippen molar-refractivity contribution in [3.8, 4) is 0 Å². The van der Waals surface area contributed by atoms with Gasteiger partial charge in [0, 0.05) is 91.2 Å². The van der Waals surface area contributed by atoms with Crippen LogP contribution in [0.25, 0.3) is 21.5 Å². The van der Waals surface area contributed by atoms with Gasteiger partial charge >= 0.3 is 11.9 Å². The minimum atomic E-state index is -1.26. The van der Waals surface area contributed by atoms with E-state index in [1.807, 2.05) is 173 Å². The quantitative estimate of drug-likeness (QED) is 0.0331. The zero-order valence-electron chi connectivity index (χ0n) is 51.0. The third-order valence-corrected chi connectivity index (χ3v) is 14.1. The maximum atomic E-state index is 14.1. The van der Waals surface area contributed by atoms with Gasteiger partial charge in [0.2, 0.25) is 35.4 Å². The molecule has 0 fully saturated rings. The van der Waals surface area contributed by atoms with Crippen LogP contribution in [0.5, 0.6) is 0 Å². The van der Waals surface area contributed by atoms with E-state index < -0.39 is 47.2 Å². The second kappa shape index (κ2) is 33.3. The van der Waals surface area contributed by atoms with Crippen LogP contribution in [0.2, 0.25) is 0 Å². The highest BCUT2D eigenvalue weighted by atomic mass is 16.4. The number of carboxylic acids is 2. The molecule has 0 aliphatic heterocycles. The number of hydrogen-bond acceptors (Lipinski definition) is 10. The smallest absolute Gasteiger partial charge is 0.328 e. The van der Waals surface area contributed by atoms with E-state index in [1.54, 1.807) is 54.4 Å². The van der Waals surface area contributed by atoms with E-state index >= 15 is 0 Å². The van der Waals surface area contributed by atoms with Gasteiger partial charge in [0.25, 0.3) is 0 Å². The van der Waals surface area contributed by atoms with Crippen LogP contribution in [0, 0.1) is 0 Å². The molecule has 0 radical (unpaired) electrons. The van der Waals surface area contributed by atoms with E-state index in [2.05, 4.69) is 10.6 Å². The first-order valence-corrected chi connectivity index (χ1v) is 28.2. The van der Waals surface area contributed by atoms with Crippen LogP contribution in [0.15, 0.2) is 182 Å². The van der Waals surface area contributed by atoms with Crippen molar-refractivity contribution < 1.29 is 48.6 Å². The molecule has 6 rings (SSSR count). The average molecular weight is 1170 g/mol. The van der Waals surface area contributed by atoms with Gasteiger partial charge in [-0.05, 0) is 96.5 Å². The number of benzene rings is 6. The van der Waals surface area contributed by atoms with Gasteiger partial charge in [-0.3, -0.25) is 28.8 Å². The summed E-state index contributed by atoms with van der Waals surface area (Å²) >= 11 is 0. The lowest BCUT2D eigenvalue weighted by Crippen LogP contribution is -2.55. The molecular weight excluding hydrogens is 1090 g/mol. The second-order valence-electron chi connectivity index (χ2n) is 22.4. The number of fused-ring (bicyclic) bond motifs is 2. The molecule has 18 nitrogen and oxygen atoms in total. The standard InChI is InChI=1S/2C32H40N4O3.C4H4O4/c2*1-32(2,33)19-11-16-29(37)35(4)28(22-24-17-18-25-14-9-10-15-26(25)20-24)31(39)36(5)27(30(38)34-3)21-23-12-7-6-8-13-23;5-3(6)1-2-4(7)8/h2*6-18,20,27-28H,19,21-22,33H2,1-5H3,(H,34,38);1-2H,(H,5,6)(H,7,8)/b2*16-11-;2-1+/t2*27-,28-;/m11./s1.